The second kappa shape index (κ2) is 2.47. The highest BCUT2D eigenvalue weighted by Crippen LogP contribution is 2.13. The third-order valence-corrected chi connectivity index (χ3v) is 1.27. The summed E-state index contributed by atoms with van der Waals surface area (Å²) < 4.78 is 0. The van der Waals surface area contributed by atoms with E-state index in [0.717, 1.165) is 5.57 Å². The fourth-order valence-corrected chi connectivity index (χ4v) is 0.749. The van der Waals surface area contributed by atoms with Crippen LogP contribution >= 0.6 is 0 Å². The summed E-state index contributed by atoms with van der Waals surface area (Å²) in [5.74, 6) is 0. The summed E-state index contributed by atoms with van der Waals surface area (Å²) in [5.41, 5.74) is 0.789. The number of aliphatic hydroxyl groups is 1. The number of nitriles is 1. The molecule has 0 saturated heterocycles. The van der Waals surface area contributed by atoms with Crippen LogP contribution in [0.15, 0.2) is 23.8 Å². The molecular formula is C7H7NO. The van der Waals surface area contributed by atoms with Crippen LogP contribution in [0.2, 0.25) is 0 Å². The molecule has 1 rings (SSSR count). The molecular weight excluding hydrogens is 114 g/mol. The molecule has 0 fully saturated rings. The summed E-state index contributed by atoms with van der Waals surface area (Å²) >= 11 is 0. The van der Waals surface area contributed by atoms with Crippen LogP contribution in [-0.2, 0) is 0 Å². The molecule has 1 atom stereocenters. The zero-order valence-corrected chi connectivity index (χ0v) is 4.91. The molecule has 0 bridgehead atoms. The van der Waals surface area contributed by atoms with Gasteiger partial charge in [0.15, 0.2) is 6.10 Å². The number of aliphatic hydroxyl groups excluding tert-OH is 1. The average Bonchev–Trinajstić information content (AvgIpc) is 2.37. The van der Waals surface area contributed by atoms with Crippen molar-refractivity contribution in [2.75, 3.05) is 0 Å². The summed E-state index contributed by atoms with van der Waals surface area (Å²) in [6.45, 7) is 0. The Morgan fingerprint density at radius 2 is 2.56 bits per heavy atom. The van der Waals surface area contributed by atoms with Crippen LogP contribution in [0.4, 0.5) is 0 Å². The van der Waals surface area contributed by atoms with Gasteiger partial charge in [-0.3, -0.25) is 0 Å². The van der Waals surface area contributed by atoms with Crippen molar-refractivity contribution in [2.45, 2.75) is 12.5 Å². The first-order chi connectivity index (χ1) is 4.34. The van der Waals surface area contributed by atoms with E-state index in [1.54, 1.807) is 12.1 Å². The molecule has 0 aliphatic heterocycles. The lowest BCUT2D eigenvalue weighted by Gasteiger charge is -1.98. The van der Waals surface area contributed by atoms with Crippen molar-refractivity contribution in [3.63, 3.8) is 0 Å². The topological polar surface area (TPSA) is 44.0 Å². The first-order valence-corrected chi connectivity index (χ1v) is 2.78. The van der Waals surface area contributed by atoms with Crippen molar-refractivity contribution in [1.29, 1.82) is 5.26 Å². The smallest absolute Gasteiger partial charge is 0.162 e. The Bertz CT molecular complexity index is 197. The molecule has 46 valence electrons. The van der Waals surface area contributed by atoms with Gasteiger partial charge < -0.3 is 5.11 Å². The van der Waals surface area contributed by atoms with Crippen molar-refractivity contribution in [3.05, 3.63) is 23.8 Å². The monoisotopic (exact) mass is 121 g/mol. The largest absolute Gasteiger partial charge is 0.374 e. The maximum Gasteiger partial charge on any atom is 0.162 e. The summed E-state index contributed by atoms with van der Waals surface area (Å²) in [5, 5.41) is 17.1. The first-order valence-electron chi connectivity index (χ1n) is 2.78. The summed E-state index contributed by atoms with van der Waals surface area (Å²) in [6.07, 6.45) is 5.34. The molecule has 9 heavy (non-hydrogen) atoms. The van der Waals surface area contributed by atoms with Crippen molar-refractivity contribution in [3.8, 4) is 6.07 Å². The van der Waals surface area contributed by atoms with E-state index in [0.29, 0.717) is 6.42 Å². The Labute approximate surface area is 53.7 Å². The second-order valence-electron chi connectivity index (χ2n) is 1.91. The van der Waals surface area contributed by atoms with E-state index in [9.17, 15) is 0 Å². The molecule has 1 unspecified atom stereocenters. The summed E-state index contributed by atoms with van der Waals surface area (Å²) in [4.78, 5) is 0. The van der Waals surface area contributed by atoms with Crippen molar-refractivity contribution >= 4 is 0 Å². The zero-order chi connectivity index (χ0) is 6.69. The third-order valence-electron chi connectivity index (χ3n) is 1.27. The predicted octanol–water partition coefficient (Wildman–Crippen LogP) is 0.757. The van der Waals surface area contributed by atoms with Gasteiger partial charge in [-0.1, -0.05) is 18.2 Å². The maximum absolute atomic E-state index is 8.89. The molecule has 1 aliphatic rings. The van der Waals surface area contributed by atoms with Crippen LogP contribution < -0.4 is 0 Å². The molecule has 0 aromatic carbocycles. The predicted molar refractivity (Wildman–Crippen MR) is 33.5 cm³/mol. The lowest BCUT2D eigenvalue weighted by molar-refractivity contribution is 0.264. The van der Waals surface area contributed by atoms with Crippen LogP contribution in [0.3, 0.4) is 0 Å². The molecule has 0 heterocycles. The molecule has 0 spiro atoms. The van der Waals surface area contributed by atoms with E-state index in [-0.39, 0.29) is 0 Å². The molecule has 1 aliphatic carbocycles. The Balaban J connectivity index is 2.57. The van der Waals surface area contributed by atoms with Gasteiger partial charge in [-0.15, -0.1) is 0 Å². The minimum absolute atomic E-state index is 0.717. The minimum atomic E-state index is -0.903. The highest BCUT2D eigenvalue weighted by Gasteiger charge is 2.08. The standard InChI is InChI=1S/C7H7NO/c8-5-7(9)6-3-1-2-4-6/h1-3,7,9H,4H2. The van der Waals surface area contributed by atoms with Crippen LogP contribution in [0.25, 0.3) is 0 Å². The molecule has 2 nitrogen and oxygen atoms in total. The van der Waals surface area contributed by atoms with Gasteiger partial charge in [0.1, 0.15) is 0 Å². The van der Waals surface area contributed by atoms with Crippen molar-refractivity contribution in [2.24, 2.45) is 0 Å². The zero-order valence-electron chi connectivity index (χ0n) is 4.91. The van der Waals surface area contributed by atoms with E-state index < -0.39 is 6.10 Å². The van der Waals surface area contributed by atoms with Crippen LogP contribution in [0.5, 0.6) is 0 Å². The van der Waals surface area contributed by atoms with E-state index in [1.807, 2.05) is 12.2 Å². The summed E-state index contributed by atoms with van der Waals surface area (Å²) in [7, 11) is 0. The highest BCUT2D eigenvalue weighted by atomic mass is 16.3. The van der Waals surface area contributed by atoms with Crippen LogP contribution in [0, 0.1) is 11.3 Å². The Kier molecular flexibility index (Phi) is 1.66. The van der Waals surface area contributed by atoms with E-state index >= 15 is 0 Å². The Morgan fingerprint density at radius 3 is 3.00 bits per heavy atom. The van der Waals surface area contributed by atoms with Gasteiger partial charge in [0.2, 0.25) is 0 Å². The van der Waals surface area contributed by atoms with E-state index in [4.69, 9.17) is 10.4 Å². The third kappa shape index (κ3) is 1.18. The number of rotatable bonds is 1. The lowest BCUT2D eigenvalue weighted by atomic mass is 10.1. The Hall–Kier alpha value is -1.07. The molecule has 1 N–H and O–H groups in total. The molecule has 0 saturated carbocycles. The average molecular weight is 121 g/mol. The summed E-state index contributed by atoms with van der Waals surface area (Å²) in [6, 6.07) is 1.75. The molecule has 0 aromatic heterocycles. The second-order valence-corrected chi connectivity index (χ2v) is 1.91. The van der Waals surface area contributed by atoms with Crippen LogP contribution in [0.1, 0.15) is 6.42 Å². The molecule has 0 radical (unpaired) electrons. The maximum atomic E-state index is 8.89. The van der Waals surface area contributed by atoms with Crippen LogP contribution in [-0.4, -0.2) is 11.2 Å². The fraction of sp³-hybridized carbons (Fsp3) is 0.286. The number of hydrogen-bond acceptors (Lipinski definition) is 2. The van der Waals surface area contributed by atoms with Gasteiger partial charge in [-0.05, 0) is 12.0 Å². The highest BCUT2D eigenvalue weighted by molar-refractivity contribution is 5.29. The van der Waals surface area contributed by atoms with Gasteiger partial charge in [0.05, 0.1) is 6.07 Å². The number of allylic oxidation sites excluding steroid dienone is 3. The quantitative estimate of drug-likeness (QED) is 0.520. The van der Waals surface area contributed by atoms with Gasteiger partial charge in [0, 0.05) is 0 Å². The Morgan fingerprint density at radius 1 is 1.78 bits per heavy atom. The fourth-order valence-electron chi connectivity index (χ4n) is 0.749. The SMILES string of the molecule is N#CC(O)C1=CC=CC1. The van der Waals surface area contributed by atoms with Crippen molar-refractivity contribution in [1.82, 2.24) is 0 Å². The number of hydrogen-bond donors (Lipinski definition) is 1. The van der Waals surface area contributed by atoms with E-state index in [2.05, 4.69) is 0 Å². The normalized spacial score (nSPS) is 18.9. The van der Waals surface area contributed by atoms with Gasteiger partial charge in [-0.25, -0.2) is 0 Å². The van der Waals surface area contributed by atoms with Gasteiger partial charge >= 0.3 is 0 Å². The number of nitrogens with zero attached hydrogens (tertiary/aromatic N) is 1. The molecule has 0 aromatic rings. The molecule has 0 amide bonds. The van der Waals surface area contributed by atoms with E-state index in [1.165, 1.54) is 0 Å². The minimum Gasteiger partial charge on any atom is -0.374 e. The van der Waals surface area contributed by atoms with Crippen molar-refractivity contribution < 1.29 is 5.11 Å². The van der Waals surface area contributed by atoms with Gasteiger partial charge in [0.25, 0.3) is 0 Å². The molecule has 2 heteroatoms. The first kappa shape index (κ1) is 6.06. The lowest BCUT2D eigenvalue weighted by Crippen LogP contribution is -2.04. The van der Waals surface area contributed by atoms with Gasteiger partial charge in [-0.2, -0.15) is 5.26 Å².